The summed E-state index contributed by atoms with van der Waals surface area (Å²) >= 11 is 6.01. The molecule has 1 heterocycles. The number of benzene rings is 2. The van der Waals surface area contributed by atoms with Gasteiger partial charge in [0.2, 0.25) is 0 Å². The smallest absolute Gasteiger partial charge is 0.308 e. The molecule has 3 rings (SSSR count). The number of nitriles is 1. The van der Waals surface area contributed by atoms with Gasteiger partial charge in [-0.05, 0) is 30.7 Å². The van der Waals surface area contributed by atoms with E-state index in [2.05, 4.69) is 0 Å². The zero-order valence-corrected chi connectivity index (χ0v) is 13.8. The molecular weight excluding hydrogens is 347 g/mol. The van der Waals surface area contributed by atoms with Crippen LogP contribution in [0, 0.1) is 23.1 Å². The van der Waals surface area contributed by atoms with Crippen LogP contribution in [0.5, 0.6) is 11.5 Å². The first kappa shape index (κ1) is 17.1. The highest BCUT2D eigenvalue weighted by Crippen LogP contribution is 2.35. The van der Waals surface area contributed by atoms with Crippen LogP contribution >= 0.6 is 11.6 Å². The summed E-state index contributed by atoms with van der Waals surface area (Å²) in [5.74, 6) is -1.39. The molecule has 0 radical (unpaired) electrons. The maximum atomic E-state index is 13.4. The van der Waals surface area contributed by atoms with Crippen molar-refractivity contribution in [2.75, 3.05) is 18.0 Å². The summed E-state index contributed by atoms with van der Waals surface area (Å²) in [7, 11) is 0. The van der Waals surface area contributed by atoms with Gasteiger partial charge in [-0.3, -0.25) is 4.79 Å². The van der Waals surface area contributed by atoms with E-state index in [0.29, 0.717) is 19.5 Å². The average Bonchev–Trinajstić information content (AvgIpc) is 3.08. The monoisotopic (exact) mass is 360 g/mol. The number of carbonyl (C=O) groups is 1. The van der Waals surface area contributed by atoms with Gasteiger partial charge in [0, 0.05) is 30.9 Å². The molecule has 128 valence electrons. The van der Waals surface area contributed by atoms with E-state index in [1.54, 1.807) is 18.2 Å². The summed E-state index contributed by atoms with van der Waals surface area (Å²) in [6, 6.07) is 10.7. The molecule has 1 atom stereocenters. The van der Waals surface area contributed by atoms with Crippen LogP contribution in [0.4, 0.5) is 10.1 Å². The Kier molecular flexibility index (Phi) is 4.77. The summed E-state index contributed by atoms with van der Waals surface area (Å²) in [6.45, 7) is 0.990. The molecule has 0 aromatic heterocycles. The van der Waals surface area contributed by atoms with Gasteiger partial charge in [-0.25, -0.2) is 4.39 Å². The quantitative estimate of drug-likeness (QED) is 0.890. The van der Waals surface area contributed by atoms with E-state index in [4.69, 9.17) is 21.4 Å². The fraction of sp³-hybridized carbons (Fsp3) is 0.222. The third-order valence-electron chi connectivity index (χ3n) is 4.10. The molecule has 0 bridgehead atoms. The predicted molar refractivity (Wildman–Crippen MR) is 90.6 cm³/mol. The van der Waals surface area contributed by atoms with E-state index >= 15 is 0 Å². The lowest BCUT2D eigenvalue weighted by Crippen LogP contribution is -2.22. The van der Waals surface area contributed by atoms with Gasteiger partial charge in [0.25, 0.3) is 0 Å². The molecule has 1 saturated heterocycles. The molecule has 2 aromatic rings. The Hall–Kier alpha value is -2.78. The zero-order chi connectivity index (χ0) is 18.0. The SMILES string of the molecule is N#Cc1ccc(N2CCC(C(=O)O)C2)cc1Oc1cc(F)ccc1Cl. The number of aliphatic carboxylic acids is 1. The lowest BCUT2D eigenvalue weighted by atomic mass is 10.1. The minimum Gasteiger partial charge on any atom is -0.481 e. The summed E-state index contributed by atoms with van der Waals surface area (Å²) in [4.78, 5) is 13.0. The molecule has 1 aliphatic rings. The Morgan fingerprint density at radius 2 is 2.12 bits per heavy atom. The zero-order valence-electron chi connectivity index (χ0n) is 13.1. The molecule has 7 heteroatoms. The van der Waals surface area contributed by atoms with E-state index in [1.807, 2.05) is 11.0 Å². The number of nitrogens with zero attached hydrogens (tertiary/aromatic N) is 2. The average molecular weight is 361 g/mol. The first-order valence-electron chi connectivity index (χ1n) is 7.62. The topological polar surface area (TPSA) is 73.6 Å². The first-order chi connectivity index (χ1) is 12.0. The Morgan fingerprint density at radius 1 is 1.32 bits per heavy atom. The van der Waals surface area contributed by atoms with Gasteiger partial charge in [0.15, 0.2) is 0 Å². The molecule has 2 aromatic carbocycles. The summed E-state index contributed by atoms with van der Waals surface area (Å²) < 4.78 is 19.1. The van der Waals surface area contributed by atoms with Crippen molar-refractivity contribution in [1.29, 1.82) is 5.26 Å². The summed E-state index contributed by atoms with van der Waals surface area (Å²) in [5.41, 5.74) is 1.02. The third-order valence-corrected chi connectivity index (χ3v) is 4.41. The van der Waals surface area contributed by atoms with E-state index in [1.165, 1.54) is 12.1 Å². The van der Waals surface area contributed by atoms with Gasteiger partial charge in [0.05, 0.1) is 16.5 Å². The van der Waals surface area contributed by atoms with Gasteiger partial charge in [-0.1, -0.05) is 11.6 Å². The van der Waals surface area contributed by atoms with Gasteiger partial charge < -0.3 is 14.7 Å². The normalized spacial score (nSPS) is 16.5. The minimum atomic E-state index is -0.820. The summed E-state index contributed by atoms with van der Waals surface area (Å²) in [6.07, 6.45) is 0.557. The van der Waals surface area contributed by atoms with Crippen LogP contribution in [0.2, 0.25) is 5.02 Å². The number of rotatable bonds is 4. The number of halogens is 2. The predicted octanol–water partition coefficient (Wildman–Crippen LogP) is 4.05. The highest BCUT2D eigenvalue weighted by molar-refractivity contribution is 6.32. The molecule has 1 N–H and O–H groups in total. The van der Waals surface area contributed by atoms with Crippen LogP contribution in [-0.4, -0.2) is 24.2 Å². The van der Waals surface area contributed by atoms with Crippen LogP contribution in [0.25, 0.3) is 0 Å². The molecule has 0 aliphatic carbocycles. The number of ether oxygens (including phenoxy) is 1. The highest BCUT2D eigenvalue weighted by atomic mass is 35.5. The first-order valence-corrected chi connectivity index (χ1v) is 8.00. The largest absolute Gasteiger partial charge is 0.481 e. The molecule has 1 unspecified atom stereocenters. The van der Waals surface area contributed by atoms with Crippen molar-refractivity contribution in [2.24, 2.45) is 5.92 Å². The van der Waals surface area contributed by atoms with Gasteiger partial charge in [-0.2, -0.15) is 5.26 Å². The molecule has 1 fully saturated rings. The maximum Gasteiger partial charge on any atom is 0.308 e. The number of hydrogen-bond acceptors (Lipinski definition) is 4. The summed E-state index contributed by atoms with van der Waals surface area (Å²) in [5, 5.41) is 18.6. The molecule has 0 amide bonds. The Bertz CT molecular complexity index is 866. The fourth-order valence-corrected chi connectivity index (χ4v) is 2.91. The van der Waals surface area contributed by atoms with Crippen molar-refractivity contribution in [1.82, 2.24) is 0 Å². The van der Waals surface area contributed by atoms with E-state index < -0.39 is 17.7 Å². The van der Waals surface area contributed by atoms with Gasteiger partial charge >= 0.3 is 5.97 Å². The number of anilines is 1. The van der Waals surface area contributed by atoms with Crippen LogP contribution in [0.15, 0.2) is 36.4 Å². The Morgan fingerprint density at radius 3 is 2.80 bits per heavy atom. The van der Waals surface area contributed by atoms with Crippen LogP contribution < -0.4 is 9.64 Å². The van der Waals surface area contributed by atoms with Crippen LogP contribution in [-0.2, 0) is 4.79 Å². The standard InChI is InChI=1S/C18H14ClFN2O3/c19-15-4-2-13(20)7-17(15)25-16-8-14(3-1-11(16)9-21)22-6-5-12(10-22)18(23)24/h1-4,7-8,12H,5-6,10H2,(H,23,24). The second kappa shape index (κ2) is 6.99. The second-order valence-electron chi connectivity index (χ2n) is 5.74. The van der Waals surface area contributed by atoms with Gasteiger partial charge in [-0.15, -0.1) is 0 Å². The molecule has 25 heavy (non-hydrogen) atoms. The third kappa shape index (κ3) is 3.67. The molecule has 1 aliphatic heterocycles. The van der Waals surface area contributed by atoms with Crippen LogP contribution in [0.3, 0.4) is 0 Å². The molecule has 0 saturated carbocycles. The molecule has 5 nitrogen and oxygen atoms in total. The Balaban J connectivity index is 1.90. The number of carboxylic acid groups (broad SMARTS) is 1. The van der Waals surface area contributed by atoms with Crippen LogP contribution in [0.1, 0.15) is 12.0 Å². The van der Waals surface area contributed by atoms with Crippen molar-refractivity contribution in [3.05, 3.63) is 52.8 Å². The van der Waals surface area contributed by atoms with Gasteiger partial charge in [0.1, 0.15) is 23.4 Å². The highest BCUT2D eigenvalue weighted by Gasteiger charge is 2.28. The van der Waals surface area contributed by atoms with Crippen molar-refractivity contribution < 1.29 is 19.0 Å². The maximum absolute atomic E-state index is 13.4. The van der Waals surface area contributed by atoms with Crippen molar-refractivity contribution >= 4 is 23.3 Å². The number of hydrogen-bond donors (Lipinski definition) is 1. The van der Waals surface area contributed by atoms with Crippen molar-refractivity contribution in [3.8, 4) is 17.6 Å². The minimum absolute atomic E-state index is 0.111. The molecule has 0 spiro atoms. The van der Waals surface area contributed by atoms with Crippen molar-refractivity contribution in [2.45, 2.75) is 6.42 Å². The second-order valence-corrected chi connectivity index (χ2v) is 6.15. The van der Waals surface area contributed by atoms with E-state index in [0.717, 1.165) is 11.8 Å². The fourth-order valence-electron chi connectivity index (χ4n) is 2.75. The van der Waals surface area contributed by atoms with Crippen molar-refractivity contribution in [3.63, 3.8) is 0 Å². The van der Waals surface area contributed by atoms with E-state index in [-0.39, 0.29) is 22.1 Å². The number of carboxylic acids is 1. The van der Waals surface area contributed by atoms with E-state index in [9.17, 15) is 14.4 Å². The lowest BCUT2D eigenvalue weighted by molar-refractivity contribution is -0.140. The Labute approximate surface area is 148 Å². The lowest BCUT2D eigenvalue weighted by Gasteiger charge is -2.19. The molecular formula is C18H14ClFN2O3.